The Bertz CT molecular complexity index is 382. The molecule has 0 unspecified atom stereocenters. The molecule has 1 N–H and O–H groups in total. The number of nitrogens with one attached hydrogen (secondary N) is 1. The van der Waals surface area contributed by atoms with Crippen LogP contribution in [-0.4, -0.2) is 12.1 Å². The van der Waals surface area contributed by atoms with E-state index in [9.17, 15) is 9.18 Å². The molecule has 0 saturated carbocycles. The quantitative estimate of drug-likeness (QED) is 0.597. The van der Waals surface area contributed by atoms with E-state index in [1.54, 1.807) is 12.2 Å². The van der Waals surface area contributed by atoms with Gasteiger partial charge in [0.2, 0.25) is 0 Å². The van der Waals surface area contributed by atoms with Crippen molar-refractivity contribution in [1.82, 2.24) is 5.43 Å². The molecule has 78 valence electrons. The minimum absolute atomic E-state index is 0.365. The molecule has 0 radical (unpaired) electrons. The molecule has 0 aliphatic carbocycles. The SMILES string of the molecule is CC=CC=NNC(=O)c1ccc(F)cc1. The number of hydrazone groups is 1. The van der Waals surface area contributed by atoms with Gasteiger partial charge in [0, 0.05) is 11.8 Å². The highest BCUT2D eigenvalue weighted by atomic mass is 19.1. The van der Waals surface area contributed by atoms with E-state index in [2.05, 4.69) is 10.5 Å². The Morgan fingerprint density at radius 2 is 2.07 bits per heavy atom. The lowest BCUT2D eigenvalue weighted by Crippen LogP contribution is -2.17. The topological polar surface area (TPSA) is 41.5 Å². The maximum absolute atomic E-state index is 12.5. The summed E-state index contributed by atoms with van der Waals surface area (Å²) in [6.07, 6.45) is 4.93. The molecule has 0 aliphatic heterocycles. The van der Waals surface area contributed by atoms with Crippen molar-refractivity contribution in [2.24, 2.45) is 5.10 Å². The standard InChI is InChI=1S/C11H11FN2O/c1-2-3-8-13-14-11(15)9-4-6-10(12)7-5-9/h2-8H,1H3,(H,14,15). The highest BCUT2D eigenvalue weighted by molar-refractivity contribution is 5.94. The van der Waals surface area contributed by atoms with Crippen LogP contribution in [0.5, 0.6) is 0 Å². The van der Waals surface area contributed by atoms with Gasteiger partial charge in [0.05, 0.1) is 0 Å². The van der Waals surface area contributed by atoms with Gasteiger partial charge in [0.25, 0.3) is 5.91 Å². The van der Waals surface area contributed by atoms with Crippen LogP contribution in [0.4, 0.5) is 4.39 Å². The fraction of sp³-hybridized carbons (Fsp3) is 0.0909. The predicted molar refractivity (Wildman–Crippen MR) is 57.2 cm³/mol. The molecule has 0 bridgehead atoms. The zero-order chi connectivity index (χ0) is 11.1. The normalized spacial score (nSPS) is 11.1. The Kier molecular flexibility index (Phi) is 4.22. The first-order valence-corrected chi connectivity index (χ1v) is 4.44. The summed E-state index contributed by atoms with van der Waals surface area (Å²) in [5, 5.41) is 3.65. The molecule has 0 aliphatic rings. The predicted octanol–water partition coefficient (Wildman–Crippen LogP) is 2.12. The Morgan fingerprint density at radius 3 is 2.67 bits per heavy atom. The third-order valence-electron chi connectivity index (χ3n) is 1.63. The van der Waals surface area contributed by atoms with Crippen molar-refractivity contribution in [2.45, 2.75) is 6.92 Å². The molecule has 1 amide bonds. The molecule has 0 fully saturated rings. The van der Waals surface area contributed by atoms with Gasteiger partial charge in [0.1, 0.15) is 5.82 Å². The van der Waals surface area contributed by atoms with E-state index < -0.39 is 0 Å². The number of rotatable bonds is 3. The highest BCUT2D eigenvalue weighted by Gasteiger charge is 2.02. The Hall–Kier alpha value is -1.97. The number of halogens is 1. The van der Waals surface area contributed by atoms with Crippen LogP contribution in [0, 0.1) is 5.82 Å². The molecular formula is C11H11FN2O. The third kappa shape index (κ3) is 3.72. The molecule has 1 aromatic carbocycles. The molecule has 4 heteroatoms. The van der Waals surface area contributed by atoms with Gasteiger partial charge in [-0.25, -0.2) is 9.82 Å². The lowest BCUT2D eigenvalue weighted by atomic mass is 10.2. The van der Waals surface area contributed by atoms with Gasteiger partial charge in [-0.3, -0.25) is 4.79 Å². The summed E-state index contributed by atoms with van der Waals surface area (Å²) in [6, 6.07) is 5.25. The summed E-state index contributed by atoms with van der Waals surface area (Å²) >= 11 is 0. The molecule has 0 aromatic heterocycles. The monoisotopic (exact) mass is 206 g/mol. The Labute approximate surface area is 87.3 Å². The molecule has 1 aromatic rings. The number of carbonyl (C=O) groups is 1. The van der Waals surface area contributed by atoms with Crippen molar-refractivity contribution < 1.29 is 9.18 Å². The second kappa shape index (κ2) is 5.70. The van der Waals surface area contributed by atoms with Gasteiger partial charge in [-0.1, -0.05) is 6.08 Å². The molecule has 0 heterocycles. The van der Waals surface area contributed by atoms with Crippen LogP contribution in [0.25, 0.3) is 0 Å². The number of allylic oxidation sites excluding steroid dienone is 2. The third-order valence-corrected chi connectivity index (χ3v) is 1.63. The maximum atomic E-state index is 12.5. The number of hydrogen-bond donors (Lipinski definition) is 1. The van der Waals surface area contributed by atoms with E-state index in [1.165, 1.54) is 30.5 Å². The Balaban J connectivity index is 2.58. The molecule has 0 saturated heterocycles. The van der Waals surface area contributed by atoms with Crippen molar-refractivity contribution in [3.05, 3.63) is 47.8 Å². The van der Waals surface area contributed by atoms with Crippen LogP contribution in [-0.2, 0) is 0 Å². The lowest BCUT2D eigenvalue weighted by molar-refractivity contribution is 0.0955. The van der Waals surface area contributed by atoms with E-state index in [0.717, 1.165) is 0 Å². The fourth-order valence-corrected chi connectivity index (χ4v) is 0.891. The van der Waals surface area contributed by atoms with E-state index in [0.29, 0.717) is 5.56 Å². The van der Waals surface area contributed by atoms with Crippen molar-refractivity contribution in [1.29, 1.82) is 0 Å². The van der Waals surface area contributed by atoms with Gasteiger partial charge in [-0.2, -0.15) is 5.10 Å². The summed E-state index contributed by atoms with van der Waals surface area (Å²) in [7, 11) is 0. The first kappa shape index (κ1) is 11.1. The van der Waals surface area contributed by atoms with Gasteiger partial charge < -0.3 is 0 Å². The minimum atomic E-state index is -0.371. The Morgan fingerprint density at radius 1 is 1.40 bits per heavy atom. The second-order valence-electron chi connectivity index (χ2n) is 2.75. The molecule has 0 spiro atoms. The fourth-order valence-electron chi connectivity index (χ4n) is 0.891. The van der Waals surface area contributed by atoms with Crippen molar-refractivity contribution in [2.75, 3.05) is 0 Å². The zero-order valence-corrected chi connectivity index (χ0v) is 8.27. The molecule has 1 rings (SSSR count). The van der Waals surface area contributed by atoms with E-state index in [-0.39, 0.29) is 11.7 Å². The molecule has 15 heavy (non-hydrogen) atoms. The van der Waals surface area contributed by atoms with Crippen molar-refractivity contribution in [3.63, 3.8) is 0 Å². The summed E-state index contributed by atoms with van der Waals surface area (Å²) in [5.41, 5.74) is 2.68. The van der Waals surface area contributed by atoms with Gasteiger partial charge in [0.15, 0.2) is 0 Å². The second-order valence-corrected chi connectivity index (χ2v) is 2.75. The van der Waals surface area contributed by atoms with E-state index in [4.69, 9.17) is 0 Å². The van der Waals surface area contributed by atoms with Crippen molar-refractivity contribution >= 4 is 12.1 Å². The van der Waals surface area contributed by atoms with E-state index >= 15 is 0 Å². The summed E-state index contributed by atoms with van der Waals surface area (Å²) in [4.78, 5) is 11.3. The van der Waals surface area contributed by atoms with Crippen LogP contribution >= 0.6 is 0 Å². The van der Waals surface area contributed by atoms with Crippen molar-refractivity contribution in [3.8, 4) is 0 Å². The first-order valence-electron chi connectivity index (χ1n) is 4.44. The average molecular weight is 206 g/mol. The van der Waals surface area contributed by atoms with Gasteiger partial charge >= 0.3 is 0 Å². The van der Waals surface area contributed by atoms with Crippen LogP contribution in [0.3, 0.4) is 0 Å². The lowest BCUT2D eigenvalue weighted by Gasteiger charge is -1.98. The highest BCUT2D eigenvalue weighted by Crippen LogP contribution is 2.01. The number of nitrogens with zero attached hydrogens (tertiary/aromatic N) is 1. The summed E-state index contributed by atoms with van der Waals surface area (Å²) in [6.45, 7) is 1.84. The maximum Gasteiger partial charge on any atom is 0.271 e. The van der Waals surface area contributed by atoms with E-state index in [1.807, 2.05) is 6.92 Å². The largest absolute Gasteiger partial charge is 0.271 e. The molecular weight excluding hydrogens is 195 g/mol. The number of hydrogen-bond acceptors (Lipinski definition) is 2. The molecule has 0 atom stereocenters. The van der Waals surface area contributed by atoms with Crippen LogP contribution in [0.1, 0.15) is 17.3 Å². The minimum Gasteiger partial charge on any atom is -0.267 e. The van der Waals surface area contributed by atoms with Gasteiger partial charge in [-0.15, -0.1) is 0 Å². The summed E-state index contributed by atoms with van der Waals surface area (Å²) < 4.78 is 12.5. The summed E-state index contributed by atoms with van der Waals surface area (Å²) in [5.74, 6) is -0.736. The first-order chi connectivity index (χ1) is 7.24. The zero-order valence-electron chi connectivity index (χ0n) is 8.27. The molecule has 3 nitrogen and oxygen atoms in total. The number of carbonyl (C=O) groups excluding carboxylic acids is 1. The average Bonchev–Trinajstić information content (AvgIpc) is 2.25. The van der Waals surface area contributed by atoms with Crippen LogP contribution in [0.15, 0.2) is 41.5 Å². The smallest absolute Gasteiger partial charge is 0.267 e. The number of amides is 1. The van der Waals surface area contributed by atoms with Crippen LogP contribution in [0.2, 0.25) is 0 Å². The van der Waals surface area contributed by atoms with Gasteiger partial charge in [-0.05, 0) is 37.3 Å². The van der Waals surface area contributed by atoms with Crippen LogP contribution < -0.4 is 5.43 Å². The number of benzene rings is 1.